The van der Waals surface area contributed by atoms with E-state index in [1.807, 2.05) is 0 Å². The minimum atomic E-state index is -1.58. The molecule has 2 N–H and O–H groups in total. The number of halogens is 1. The Hall–Kier alpha value is -2.87. The summed E-state index contributed by atoms with van der Waals surface area (Å²) in [5, 5.41) is 0. The number of carbonyl (C=O) groups excluding carboxylic acids is 2. The van der Waals surface area contributed by atoms with Crippen molar-refractivity contribution in [2.45, 2.75) is 12.5 Å². The van der Waals surface area contributed by atoms with Crippen molar-refractivity contribution in [3.05, 3.63) is 53.7 Å². The molecule has 1 aliphatic rings. The average Bonchev–Trinajstić information content (AvgIpc) is 2.79. The summed E-state index contributed by atoms with van der Waals surface area (Å²) in [6.07, 6.45) is 2.84. The van der Waals surface area contributed by atoms with Gasteiger partial charge in [0, 0.05) is 19.0 Å². The van der Waals surface area contributed by atoms with Gasteiger partial charge in [-0.1, -0.05) is 12.1 Å². The lowest BCUT2D eigenvalue weighted by Crippen LogP contribution is -2.46. The Kier molecular flexibility index (Phi) is 3.98. The summed E-state index contributed by atoms with van der Waals surface area (Å²) >= 11 is 0. The van der Waals surface area contributed by atoms with E-state index in [9.17, 15) is 14.0 Å². The Morgan fingerprint density at radius 3 is 2.58 bits per heavy atom. The number of hydrogen-bond donors (Lipinski definition) is 1. The molecular weight excluding hydrogens is 315 g/mol. The van der Waals surface area contributed by atoms with Crippen LogP contribution in [0.3, 0.4) is 0 Å². The predicted octanol–water partition coefficient (Wildman–Crippen LogP) is 0.728. The molecule has 0 aliphatic carbocycles. The molecule has 1 aliphatic heterocycles. The number of primary amides is 1. The fourth-order valence-electron chi connectivity index (χ4n) is 2.84. The van der Waals surface area contributed by atoms with E-state index in [0.717, 1.165) is 4.90 Å². The van der Waals surface area contributed by atoms with Crippen LogP contribution < -0.4 is 10.6 Å². The van der Waals surface area contributed by atoms with E-state index in [4.69, 9.17) is 10.5 Å². The van der Waals surface area contributed by atoms with Crippen LogP contribution in [0.4, 0.5) is 10.2 Å². The van der Waals surface area contributed by atoms with Gasteiger partial charge in [0.05, 0.1) is 0 Å². The molecular formula is C16H15FN4O3. The van der Waals surface area contributed by atoms with Crippen LogP contribution in [0.2, 0.25) is 0 Å². The van der Waals surface area contributed by atoms with Crippen molar-refractivity contribution in [1.82, 2.24) is 9.97 Å². The Balaban J connectivity index is 2.23. The van der Waals surface area contributed by atoms with Gasteiger partial charge in [-0.2, -0.15) is 0 Å². The van der Waals surface area contributed by atoms with Gasteiger partial charge in [-0.05, 0) is 24.6 Å². The third-order valence-electron chi connectivity index (χ3n) is 3.74. The summed E-state index contributed by atoms with van der Waals surface area (Å²) < 4.78 is 19.1. The highest BCUT2D eigenvalue weighted by Crippen LogP contribution is 2.44. The number of hydrogen-bond acceptors (Lipinski definition) is 5. The second-order valence-corrected chi connectivity index (χ2v) is 5.21. The van der Waals surface area contributed by atoms with E-state index >= 15 is 0 Å². The van der Waals surface area contributed by atoms with Crippen molar-refractivity contribution in [2.75, 3.05) is 18.1 Å². The normalized spacial score (nSPS) is 19.4. The fourth-order valence-corrected chi connectivity index (χ4v) is 2.84. The molecule has 1 atom stereocenters. The number of benzene rings is 1. The standard InChI is InChI=1S/C16H15FN4O3/c1-2-24-16(10-3-5-11(17)6-4-10)13-14(20-8-7-19-13)21(15(16)23)9-12(18)22/h3-8H,2,9H2,1H3,(H2,18,22)/t16-/m0/s1. The van der Waals surface area contributed by atoms with Crippen LogP contribution in [0.1, 0.15) is 18.2 Å². The first-order valence-corrected chi connectivity index (χ1v) is 7.32. The summed E-state index contributed by atoms with van der Waals surface area (Å²) in [7, 11) is 0. The zero-order valence-electron chi connectivity index (χ0n) is 12.9. The highest BCUT2D eigenvalue weighted by Gasteiger charge is 2.55. The number of aromatic nitrogens is 2. The maximum Gasteiger partial charge on any atom is 0.272 e. The maximum absolute atomic E-state index is 13.3. The number of anilines is 1. The summed E-state index contributed by atoms with van der Waals surface area (Å²) in [5.41, 5.74) is 4.32. The average molecular weight is 330 g/mol. The SMILES string of the molecule is CCO[C@]1(c2ccc(F)cc2)C(=O)N(CC(N)=O)c2nccnc21. The third kappa shape index (κ3) is 2.31. The predicted molar refractivity (Wildman–Crippen MR) is 82.4 cm³/mol. The zero-order valence-corrected chi connectivity index (χ0v) is 12.9. The van der Waals surface area contributed by atoms with Crippen molar-refractivity contribution < 1.29 is 18.7 Å². The molecule has 2 heterocycles. The highest BCUT2D eigenvalue weighted by molar-refractivity contribution is 6.10. The molecule has 0 radical (unpaired) electrons. The molecule has 2 aromatic rings. The molecule has 2 amide bonds. The van der Waals surface area contributed by atoms with Crippen molar-refractivity contribution >= 4 is 17.6 Å². The molecule has 0 bridgehead atoms. The van der Waals surface area contributed by atoms with Crippen molar-refractivity contribution in [3.63, 3.8) is 0 Å². The number of fused-ring (bicyclic) bond motifs is 1. The van der Waals surface area contributed by atoms with E-state index in [-0.39, 0.29) is 24.7 Å². The number of nitrogens with zero attached hydrogens (tertiary/aromatic N) is 3. The van der Waals surface area contributed by atoms with Crippen molar-refractivity contribution in [1.29, 1.82) is 0 Å². The van der Waals surface area contributed by atoms with E-state index < -0.39 is 23.2 Å². The van der Waals surface area contributed by atoms with Gasteiger partial charge in [-0.25, -0.2) is 9.37 Å². The van der Waals surface area contributed by atoms with Gasteiger partial charge in [0.15, 0.2) is 5.82 Å². The van der Waals surface area contributed by atoms with Crippen LogP contribution in [0.25, 0.3) is 0 Å². The van der Waals surface area contributed by atoms with Gasteiger partial charge in [0.1, 0.15) is 18.1 Å². The fraction of sp³-hybridized carbons (Fsp3) is 0.250. The first-order chi connectivity index (χ1) is 11.5. The number of ether oxygens (including phenoxy) is 1. The maximum atomic E-state index is 13.3. The second-order valence-electron chi connectivity index (χ2n) is 5.21. The smallest absolute Gasteiger partial charge is 0.272 e. The molecule has 0 saturated heterocycles. The Morgan fingerprint density at radius 1 is 1.29 bits per heavy atom. The van der Waals surface area contributed by atoms with Crippen molar-refractivity contribution in [2.24, 2.45) is 5.73 Å². The van der Waals surface area contributed by atoms with Crippen LogP contribution in [0, 0.1) is 5.82 Å². The molecule has 0 fully saturated rings. The molecule has 8 heteroatoms. The minimum Gasteiger partial charge on any atom is -0.368 e. The van der Waals surface area contributed by atoms with Crippen LogP contribution in [0.5, 0.6) is 0 Å². The number of nitrogens with two attached hydrogens (primary N) is 1. The van der Waals surface area contributed by atoms with Crippen LogP contribution in [-0.2, 0) is 19.9 Å². The Bertz CT molecular complexity index is 796. The van der Waals surface area contributed by atoms with E-state index in [0.29, 0.717) is 5.56 Å². The topological polar surface area (TPSA) is 98.4 Å². The first kappa shape index (κ1) is 16.0. The van der Waals surface area contributed by atoms with Crippen LogP contribution in [0.15, 0.2) is 36.7 Å². The number of rotatable bonds is 5. The summed E-state index contributed by atoms with van der Waals surface area (Å²) in [5.74, 6) is -1.45. The molecule has 0 saturated carbocycles. The molecule has 3 rings (SSSR count). The first-order valence-electron chi connectivity index (χ1n) is 7.32. The highest BCUT2D eigenvalue weighted by atomic mass is 19.1. The van der Waals surface area contributed by atoms with Gasteiger partial charge < -0.3 is 10.5 Å². The Labute approximate surface area is 137 Å². The molecule has 124 valence electrons. The summed E-state index contributed by atoms with van der Waals surface area (Å²) in [4.78, 5) is 34.0. The van der Waals surface area contributed by atoms with E-state index in [2.05, 4.69) is 9.97 Å². The third-order valence-corrected chi connectivity index (χ3v) is 3.74. The van der Waals surface area contributed by atoms with Gasteiger partial charge >= 0.3 is 0 Å². The Morgan fingerprint density at radius 2 is 1.96 bits per heavy atom. The quantitative estimate of drug-likeness (QED) is 0.871. The number of amides is 2. The lowest BCUT2D eigenvalue weighted by atomic mass is 9.91. The van der Waals surface area contributed by atoms with E-state index in [1.165, 1.54) is 36.7 Å². The molecule has 1 aromatic carbocycles. The largest absolute Gasteiger partial charge is 0.368 e. The van der Waals surface area contributed by atoms with Gasteiger partial charge in [0.25, 0.3) is 5.91 Å². The van der Waals surface area contributed by atoms with Crippen molar-refractivity contribution in [3.8, 4) is 0 Å². The zero-order chi connectivity index (χ0) is 17.3. The molecule has 7 nitrogen and oxygen atoms in total. The summed E-state index contributed by atoms with van der Waals surface area (Å²) in [6, 6.07) is 5.37. The summed E-state index contributed by atoms with van der Waals surface area (Å²) in [6.45, 7) is 1.58. The lowest BCUT2D eigenvalue weighted by Gasteiger charge is -2.27. The minimum absolute atomic E-state index is 0.198. The van der Waals surface area contributed by atoms with Gasteiger partial charge in [-0.15, -0.1) is 0 Å². The van der Waals surface area contributed by atoms with E-state index in [1.54, 1.807) is 6.92 Å². The monoisotopic (exact) mass is 330 g/mol. The number of carbonyl (C=O) groups is 2. The molecule has 0 spiro atoms. The molecule has 0 unspecified atom stereocenters. The molecule has 24 heavy (non-hydrogen) atoms. The molecule has 1 aromatic heterocycles. The lowest BCUT2D eigenvalue weighted by molar-refractivity contribution is -0.138. The van der Waals surface area contributed by atoms with Gasteiger partial charge in [-0.3, -0.25) is 19.5 Å². The van der Waals surface area contributed by atoms with Gasteiger partial charge in [0.2, 0.25) is 11.5 Å². The van der Waals surface area contributed by atoms with Crippen LogP contribution in [-0.4, -0.2) is 34.9 Å². The van der Waals surface area contributed by atoms with Crippen LogP contribution >= 0.6 is 0 Å². The second kappa shape index (κ2) is 5.97.